The van der Waals surface area contributed by atoms with Crippen molar-refractivity contribution in [2.75, 3.05) is 0 Å². The molecule has 0 atom stereocenters. The molecule has 2 heterocycles. The predicted molar refractivity (Wildman–Crippen MR) is 71.5 cm³/mol. The maximum Gasteiger partial charge on any atom is 0.151 e. The van der Waals surface area contributed by atoms with Gasteiger partial charge in [-0.1, -0.05) is 5.21 Å². The number of aromatic nitrogens is 5. The van der Waals surface area contributed by atoms with Gasteiger partial charge in [-0.25, -0.2) is 19.2 Å². The number of nitrogens with zero attached hydrogens (tertiary/aromatic N) is 5. The molecule has 1 radical (unpaired) electrons. The fraction of sp³-hybridized carbons (Fsp3) is 0.0833. The lowest BCUT2D eigenvalue weighted by Crippen LogP contribution is -2.29. The van der Waals surface area contributed by atoms with E-state index >= 15 is 0 Å². The van der Waals surface area contributed by atoms with Gasteiger partial charge in [0.25, 0.3) is 0 Å². The average molecular weight is 287 g/mol. The Labute approximate surface area is 119 Å². The lowest BCUT2D eigenvalue weighted by atomic mass is 10.2. The zero-order valence-electron chi connectivity index (χ0n) is 10.9. The summed E-state index contributed by atoms with van der Waals surface area (Å²) in [5.41, 5.74) is 6.19. The fourth-order valence-electron chi connectivity index (χ4n) is 1.88. The van der Waals surface area contributed by atoms with Crippen molar-refractivity contribution in [1.82, 2.24) is 41.6 Å². The molecule has 0 fully saturated rings. The summed E-state index contributed by atoms with van der Waals surface area (Å²) < 4.78 is 17.1. The highest BCUT2D eigenvalue weighted by Gasteiger charge is 2.08. The van der Waals surface area contributed by atoms with Gasteiger partial charge in [-0.05, 0) is 18.2 Å². The van der Waals surface area contributed by atoms with Crippen molar-refractivity contribution in [1.29, 1.82) is 0 Å². The third kappa shape index (κ3) is 2.79. The van der Waals surface area contributed by atoms with Crippen LogP contribution in [-0.4, -0.2) is 24.8 Å². The van der Waals surface area contributed by atoms with Crippen LogP contribution in [0.3, 0.4) is 0 Å². The second-order valence-electron chi connectivity index (χ2n) is 4.22. The third-order valence-electron chi connectivity index (χ3n) is 2.85. The summed E-state index contributed by atoms with van der Waals surface area (Å²) in [6.45, 7) is 0.345. The largest absolute Gasteiger partial charge is 0.238 e. The summed E-state index contributed by atoms with van der Waals surface area (Å²) in [6, 6.07) is 6.45. The van der Waals surface area contributed by atoms with Crippen LogP contribution < -0.4 is 16.8 Å². The molecule has 0 amide bonds. The number of halogens is 1. The van der Waals surface area contributed by atoms with Gasteiger partial charge in [0.1, 0.15) is 5.69 Å². The number of hydrogen-bond donors (Lipinski definition) is 2. The summed E-state index contributed by atoms with van der Waals surface area (Å²) in [5, 5.41) is 11.8. The Bertz CT molecular complexity index is 721. The minimum absolute atomic E-state index is 0.345. The number of hydrogen-bond acceptors (Lipinski definition) is 5. The van der Waals surface area contributed by atoms with E-state index in [9.17, 15) is 4.39 Å². The predicted octanol–water partition coefficient (Wildman–Crippen LogP) is 0.384. The Hall–Kier alpha value is -2.62. The first kappa shape index (κ1) is 13.4. The molecule has 0 unspecified atom stereocenters. The number of nitrogens with one attached hydrogen (secondary N) is 3. The van der Waals surface area contributed by atoms with Crippen LogP contribution in [0.4, 0.5) is 4.39 Å². The van der Waals surface area contributed by atoms with Crippen LogP contribution in [0.2, 0.25) is 0 Å². The van der Waals surface area contributed by atoms with Crippen molar-refractivity contribution in [2.24, 2.45) is 0 Å². The molecule has 21 heavy (non-hydrogen) atoms. The van der Waals surface area contributed by atoms with Crippen LogP contribution in [0.25, 0.3) is 11.4 Å². The van der Waals surface area contributed by atoms with E-state index in [1.54, 1.807) is 36.8 Å². The molecule has 0 aliphatic rings. The molecule has 2 aromatic heterocycles. The lowest BCUT2D eigenvalue weighted by Gasteiger charge is -2.05. The maximum absolute atomic E-state index is 14.1. The summed E-state index contributed by atoms with van der Waals surface area (Å²) in [6.07, 6.45) is 4.92. The zero-order chi connectivity index (χ0) is 14.7. The summed E-state index contributed by atoms with van der Waals surface area (Å²) >= 11 is 0. The molecule has 3 aromatic rings. The minimum Gasteiger partial charge on any atom is -0.238 e. The highest BCUT2D eigenvalue weighted by atomic mass is 19.1. The van der Waals surface area contributed by atoms with E-state index in [2.05, 4.69) is 26.4 Å². The molecule has 8 nitrogen and oxygen atoms in total. The molecular weight excluding hydrogens is 275 g/mol. The van der Waals surface area contributed by atoms with Crippen molar-refractivity contribution >= 4 is 0 Å². The highest BCUT2D eigenvalue weighted by Crippen LogP contribution is 2.16. The molecule has 0 bridgehead atoms. The molecule has 107 valence electrons. The molecule has 3 N–H and O–H groups in total. The summed E-state index contributed by atoms with van der Waals surface area (Å²) in [4.78, 5) is 0. The quantitative estimate of drug-likeness (QED) is 0.661. The second-order valence-corrected chi connectivity index (χ2v) is 4.22. The van der Waals surface area contributed by atoms with Crippen molar-refractivity contribution in [3.8, 4) is 11.4 Å². The smallest absolute Gasteiger partial charge is 0.151 e. The fourth-order valence-corrected chi connectivity index (χ4v) is 1.88. The second kappa shape index (κ2) is 5.79. The van der Waals surface area contributed by atoms with Crippen molar-refractivity contribution < 1.29 is 4.39 Å². The molecule has 0 spiro atoms. The van der Waals surface area contributed by atoms with Gasteiger partial charge in [-0.2, -0.15) is 16.5 Å². The average Bonchev–Trinajstić information content (AvgIpc) is 3.16. The van der Waals surface area contributed by atoms with Gasteiger partial charge < -0.3 is 0 Å². The normalized spacial score (nSPS) is 11.0. The van der Waals surface area contributed by atoms with Crippen molar-refractivity contribution in [3.63, 3.8) is 0 Å². The van der Waals surface area contributed by atoms with Gasteiger partial charge in [0, 0.05) is 18.5 Å². The van der Waals surface area contributed by atoms with Gasteiger partial charge in [-0.3, -0.25) is 0 Å². The Morgan fingerprint density at radius 3 is 2.90 bits per heavy atom. The van der Waals surface area contributed by atoms with Gasteiger partial charge in [0.15, 0.2) is 5.82 Å². The Morgan fingerprint density at radius 1 is 1.29 bits per heavy atom. The van der Waals surface area contributed by atoms with Crippen LogP contribution in [0, 0.1) is 5.82 Å². The number of rotatable bonds is 5. The molecule has 0 saturated heterocycles. The first-order valence-electron chi connectivity index (χ1n) is 6.13. The van der Waals surface area contributed by atoms with E-state index in [0.29, 0.717) is 23.6 Å². The van der Waals surface area contributed by atoms with Crippen LogP contribution >= 0.6 is 0 Å². The molecule has 1 aromatic carbocycles. The maximum atomic E-state index is 14.1. The Morgan fingerprint density at radius 2 is 2.19 bits per heavy atom. The number of benzene rings is 1. The van der Waals surface area contributed by atoms with Crippen molar-refractivity contribution in [3.05, 3.63) is 54.4 Å². The van der Waals surface area contributed by atoms with Crippen molar-refractivity contribution in [2.45, 2.75) is 6.54 Å². The van der Waals surface area contributed by atoms with Gasteiger partial charge in [-0.15, -0.1) is 5.10 Å². The molecule has 0 aliphatic carbocycles. The standard InChI is InChI=1S/C12H12FN8/c13-11-6-10(2-3-12(11)20-5-1-4-16-20)21-8-9(17-19-21)7-15-18-14/h1-6,8,14-15,18H,7H2. The minimum atomic E-state index is -0.404. The summed E-state index contributed by atoms with van der Waals surface area (Å²) in [5.74, 6) is 6.37. The van der Waals surface area contributed by atoms with Crippen LogP contribution in [0.1, 0.15) is 5.69 Å². The first-order chi connectivity index (χ1) is 10.3. The highest BCUT2D eigenvalue weighted by molar-refractivity contribution is 5.42. The first-order valence-corrected chi connectivity index (χ1v) is 6.13. The lowest BCUT2D eigenvalue weighted by molar-refractivity contribution is 0.530. The molecule has 3 rings (SSSR count). The summed E-state index contributed by atoms with van der Waals surface area (Å²) in [7, 11) is 0. The molecular formula is C12H12FN8. The van der Waals surface area contributed by atoms with Gasteiger partial charge >= 0.3 is 0 Å². The Kier molecular flexibility index (Phi) is 3.69. The van der Waals surface area contributed by atoms with E-state index in [1.165, 1.54) is 15.4 Å². The number of hydrazine groups is 1. The van der Waals surface area contributed by atoms with E-state index in [1.807, 2.05) is 0 Å². The van der Waals surface area contributed by atoms with E-state index in [-0.39, 0.29) is 0 Å². The van der Waals surface area contributed by atoms with Crippen LogP contribution in [-0.2, 0) is 6.54 Å². The van der Waals surface area contributed by atoms with E-state index in [4.69, 9.17) is 5.84 Å². The van der Waals surface area contributed by atoms with Gasteiger partial charge in [0.05, 0.1) is 24.1 Å². The molecule has 9 heteroatoms. The SMILES string of the molecule is [NH]NNCc1cn(-c2ccc(-n3cccn3)c(F)c2)nn1. The molecule has 0 saturated carbocycles. The van der Waals surface area contributed by atoms with Crippen LogP contribution in [0.5, 0.6) is 0 Å². The topological polar surface area (TPSA) is 96.4 Å². The van der Waals surface area contributed by atoms with E-state index < -0.39 is 5.82 Å². The molecule has 0 aliphatic heterocycles. The zero-order valence-corrected chi connectivity index (χ0v) is 10.9. The van der Waals surface area contributed by atoms with E-state index in [0.717, 1.165) is 0 Å². The van der Waals surface area contributed by atoms with Gasteiger partial charge in [0.2, 0.25) is 0 Å². The van der Waals surface area contributed by atoms with Crippen LogP contribution in [0.15, 0.2) is 42.9 Å². The third-order valence-corrected chi connectivity index (χ3v) is 2.85. The Balaban J connectivity index is 1.86. The monoisotopic (exact) mass is 287 g/mol.